The molecule has 0 aliphatic heterocycles. The molecule has 0 saturated heterocycles. The van der Waals surface area contributed by atoms with Gasteiger partial charge in [0.1, 0.15) is 5.84 Å². The predicted molar refractivity (Wildman–Crippen MR) is 92.3 cm³/mol. The quantitative estimate of drug-likeness (QED) is 0.644. The van der Waals surface area contributed by atoms with E-state index >= 15 is 0 Å². The zero-order valence-corrected chi connectivity index (χ0v) is 13.4. The van der Waals surface area contributed by atoms with Crippen LogP contribution >= 0.6 is 0 Å². The number of anilines is 1. The average Bonchev–Trinajstić information content (AvgIpc) is 2.43. The van der Waals surface area contributed by atoms with Crippen LogP contribution in [-0.4, -0.2) is 18.4 Å². The zero-order chi connectivity index (χ0) is 15.6. The number of hydrogen-bond acceptors (Lipinski definition) is 2. The Morgan fingerprint density at radius 3 is 2.19 bits per heavy atom. The van der Waals surface area contributed by atoms with E-state index in [1.165, 1.54) is 11.1 Å². The van der Waals surface area contributed by atoms with Crippen LogP contribution in [0, 0.1) is 11.3 Å². The zero-order valence-electron chi connectivity index (χ0n) is 13.4. The topological polar surface area (TPSA) is 53.1 Å². The number of nitrogens with zero attached hydrogens (tertiary/aromatic N) is 1. The van der Waals surface area contributed by atoms with E-state index in [4.69, 9.17) is 11.1 Å². The van der Waals surface area contributed by atoms with Gasteiger partial charge in [0.2, 0.25) is 0 Å². The van der Waals surface area contributed by atoms with Gasteiger partial charge in [-0.1, -0.05) is 38.1 Å². The van der Waals surface area contributed by atoms with Gasteiger partial charge in [-0.2, -0.15) is 0 Å². The van der Waals surface area contributed by atoms with Crippen LogP contribution in [0.2, 0.25) is 0 Å². The summed E-state index contributed by atoms with van der Waals surface area (Å²) in [5.41, 5.74) is 7.75. The molecule has 0 fully saturated rings. The van der Waals surface area contributed by atoms with Crippen molar-refractivity contribution in [2.24, 2.45) is 11.7 Å². The molecule has 0 aromatic heterocycles. The van der Waals surface area contributed by atoms with Crippen molar-refractivity contribution in [3.63, 3.8) is 0 Å². The molecule has 3 nitrogen and oxygen atoms in total. The Kier molecular flexibility index (Phi) is 4.51. The van der Waals surface area contributed by atoms with Gasteiger partial charge < -0.3 is 10.6 Å². The summed E-state index contributed by atoms with van der Waals surface area (Å²) >= 11 is 0. The third-order valence-corrected chi connectivity index (χ3v) is 3.69. The Labute approximate surface area is 127 Å². The first-order valence-corrected chi connectivity index (χ1v) is 7.54. The maximum Gasteiger partial charge on any atom is 0.123 e. The van der Waals surface area contributed by atoms with Crippen LogP contribution in [0.25, 0.3) is 10.8 Å². The highest BCUT2D eigenvalue weighted by atomic mass is 15.2. The summed E-state index contributed by atoms with van der Waals surface area (Å²) in [5, 5.41) is 9.98. The third kappa shape index (κ3) is 3.18. The Hall–Kier alpha value is -2.03. The first kappa shape index (κ1) is 15.4. The molecule has 112 valence electrons. The highest BCUT2D eigenvalue weighted by Crippen LogP contribution is 2.31. The summed E-state index contributed by atoms with van der Waals surface area (Å²) in [6.07, 6.45) is 0. The van der Waals surface area contributed by atoms with E-state index in [0.29, 0.717) is 12.0 Å². The lowest BCUT2D eigenvalue weighted by Gasteiger charge is -2.32. The smallest absolute Gasteiger partial charge is 0.123 e. The third-order valence-electron chi connectivity index (χ3n) is 3.69. The van der Waals surface area contributed by atoms with Gasteiger partial charge >= 0.3 is 0 Å². The molecule has 0 aliphatic carbocycles. The number of nitrogens with two attached hydrogens (primary N) is 1. The summed E-state index contributed by atoms with van der Waals surface area (Å²) in [5.74, 6) is 0.719. The number of amidine groups is 1. The first-order chi connectivity index (χ1) is 9.91. The van der Waals surface area contributed by atoms with E-state index in [1.807, 2.05) is 24.3 Å². The minimum absolute atomic E-state index is 0.123. The molecule has 0 bridgehead atoms. The number of nitrogens with one attached hydrogen (secondary N) is 1. The molecule has 0 amide bonds. The molecule has 0 atom stereocenters. The molecule has 2 aromatic carbocycles. The van der Waals surface area contributed by atoms with E-state index in [9.17, 15) is 0 Å². The molecule has 2 rings (SSSR count). The summed E-state index contributed by atoms with van der Waals surface area (Å²) in [7, 11) is 0. The van der Waals surface area contributed by atoms with Gasteiger partial charge in [0.25, 0.3) is 0 Å². The van der Waals surface area contributed by atoms with Crippen LogP contribution < -0.4 is 10.6 Å². The second kappa shape index (κ2) is 6.17. The highest BCUT2D eigenvalue weighted by Gasteiger charge is 2.16. The van der Waals surface area contributed by atoms with Crippen LogP contribution in [0.3, 0.4) is 0 Å². The van der Waals surface area contributed by atoms with Gasteiger partial charge in [0.15, 0.2) is 0 Å². The molecule has 3 heteroatoms. The normalized spacial score (nSPS) is 11.3. The molecule has 21 heavy (non-hydrogen) atoms. The second-order valence-electron chi connectivity index (χ2n) is 6.23. The highest BCUT2D eigenvalue weighted by molar-refractivity contribution is 6.10. The van der Waals surface area contributed by atoms with Gasteiger partial charge in [-0.05, 0) is 37.3 Å². The fourth-order valence-electron chi connectivity index (χ4n) is 2.75. The van der Waals surface area contributed by atoms with E-state index in [2.05, 4.69) is 44.7 Å². The molecule has 0 radical (unpaired) electrons. The van der Waals surface area contributed by atoms with Crippen LogP contribution in [0.4, 0.5) is 5.69 Å². The largest absolute Gasteiger partial charge is 0.384 e. The molecule has 0 spiro atoms. The SMILES string of the molecule is CC(C)CN(c1ccc(C(=N)N)c2ccccc12)C(C)C. The standard InChI is InChI=1S/C18H25N3/c1-12(2)11-21(13(3)4)17-10-9-16(18(19)20)14-7-5-6-8-15(14)17/h5-10,12-13H,11H2,1-4H3,(H3,19,20). The predicted octanol–water partition coefficient (Wildman–Crippen LogP) is 3.99. The van der Waals surface area contributed by atoms with Crippen molar-refractivity contribution in [3.05, 3.63) is 42.0 Å². The minimum Gasteiger partial charge on any atom is -0.384 e. The lowest BCUT2D eigenvalue weighted by Crippen LogP contribution is -2.34. The van der Waals surface area contributed by atoms with Crippen molar-refractivity contribution < 1.29 is 0 Å². The maximum absolute atomic E-state index is 7.76. The Morgan fingerprint density at radius 2 is 1.67 bits per heavy atom. The van der Waals surface area contributed by atoms with Crippen molar-refractivity contribution >= 4 is 22.3 Å². The summed E-state index contributed by atoms with van der Waals surface area (Å²) in [6, 6.07) is 12.7. The number of hydrogen-bond donors (Lipinski definition) is 2. The fraction of sp³-hybridized carbons (Fsp3) is 0.389. The lowest BCUT2D eigenvalue weighted by atomic mass is 10.00. The summed E-state index contributed by atoms with van der Waals surface area (Å²) in [6.45, 7) is 9.93. The minimum atomic E-state index is 0.123. The lowest BCUT2D eigenvalue weighted by molar-refractivity contribution is 0.572. The van der Waals surface area contributed by atoms with Gasteiger partial charge in [-0.25, -0.2) is 0 Å². The Bertz CT molecular complexity index is 644. The van der Waals surface area contributed by atoms with Gasteiger partial charge in [-0.3, -0.25) is 5.41 Å². The second-order valence-corrected chi connectivity index (χ2v) is 6.23. The fourth-order valence-corrected chi connectivity index (χ4v) is 2.75. The number of nitrogen functional groups attached to an aromatic ring is 1. The van der Waals surface area contributed by atoms with Crippen molar-refractivity contribution in [1.29, 1.82) is 5.41 Å². The molecule has 2 aromatic rings. The average molecular weight is 283 g/mol. The first-order valence-electron chi connectivity index (χ1n) is 7.54. The molecule has 0 saturated carbocycles. The van der Waals surface area contributed by atoms with Gasteiger partial charge in [-0.15, -0.1) is 0 Å². The molecule has 0 heterocycles. The van der Waals surface area contributed by atoms with Crippen molar-refractivity contribution in [2.45, 2.75) is 33.7 Å². The number of benzene rings is 2. The van der Waals surface area contributed by atoms with Crippen LogP contribution in [0.1, 0.15) is 33.3 Å². The van der Waals surface area contributed by atoms with Crippen LogP contribution in [0.5, 0.6) is 0 Å². The molecule has 3 N–H and O–H groups in total. The van der Waals surface area contributed by atoms with Crippen molar-refractivity contribution in [2.75, 3.05) is 11.4 Å². The summed E-state index contributed by atoms with van der Waals surface area (Å²) < 4.78 is 0. The van der Waals surface area contributed by atoms with Crippen LogP contribution in [0.15, 0.2) is 36.4 Å². The molecule has 0 unspecified atom stereocenters. The monoisotopic (exact) mass is 283 g/mol. The molecular weight excluding hydrogens is 258 g/mol. The van der Waals surface area contributed by atoms with E-state index in [1.54, 1.807) is 0 Å². The maximum atomic E-state index is 7.76. The van der Waals surface area contributed by atoms with Crippen molar-refractivity contribution in [1.82, 2.24) is 0 Å². The molecular formula is C18H25N3. The van der Waals surface area contributed by atoms with E-state index in [-0.39, 0.29) is 5.84 Å². The number of fused-ring (bicyclic) bond motifs is 1. The number of rotatable bonds is 5. The summed E-state index contributed by atoms with van der Waals surface area (Å²) in [4.78, 5) is 2.43. The van der Waals surface area contributed by atoms with Crippen molar-refractivity contribution in [3.8, 4) is 0 Å². The van der Waals surface area contributed by atoms with E-state index < -0.39 is 0 Å². The van der Waals surface area contributed by atoms with Gasteiger partial charge in [0, 0.05) is 29.2 Å². The Balaban J connectivity index is 2.64. The van der Waals surface area contributed by atoms with Gasteiger partial charge in [0.05, 0.1) is 0 Å². The van der Waals surface area contributed by atoms with E-state index in [0.717, 1.165) is 17.5 Å². The Morgan fingerprint density at radius 1 is 1.05 bits per heavy atom. The molecule has 0 aliphatic rings. The van der Waals surface area contributed by atoms with Crippen LogP contribution in [-0.2, 0) is 0 Å².